The molecule has 1 aromatic rings. The molecule has 1 aliphatic heterocycles. The van der Waals surface area contributed by atoms with Crippen LogP contribution in [0.4, 0.5) is 0 Å². The van der Waals surface area contributed by atoms with Crippen LogP contribution in [-0.2, 0) is 4.79 Å². The van der Waals surface area contributed by atoms with E-state index in [0.29, 0.717) is 6.04 Å². The fourth-order valence-corrected chi connectivity index (χ4v) is 3.61. The smallest absolute Gasteiger partial charge is 0.241 e. The van der Waals surface area contributed by atoms with Crippen molar-refractivity contribution >= 4 is 17.2 Å². The lowest BCUT2D eigenvalue weighted by atomic mass is 10.1. The van der Waals surface area contributed by atoms with Crippen molar-refractivity contribution < 1.29 is 4.79 Å². The molecular weight excluding hydrogens is 244 g/mol. The highest BCUT2D eigenvalue weighted by molar-refractivity contribution is 7.10. The Labute approximate surface area is 112 Å². The van der Waals surface area contributed by atoms with Crippen LogP contribution in [0.15, 0.2) is 17.5 Å². The summed E-state index contributed by atoms with van der Waals surface area (Å²) in [4.78, 5) is 15.6. The first kappa shape index (κ1) is 12.2. The Hall–Kier alpha value is -0.870. The second kappa shape index (κ2) is 4.67. The van der Waals surface area contributed by atoms with Crippen molar-refractivity contribution in [3.05, 3.63) is 22.4 Å². The van der Waals surface area contributed by atoms with Gasteiger partial charge in [-0.2, -0.15) is 0 Å². The summed E-state index contributed by atoms with van der Waals surface area (Å²) in [7, 11) is 0. The highest BCUT2D eigenvalue weighted by Crippen LogP contribution is 2.38. The number of nitrogens with one attached hydrogen (secondary N) is 1. The van der Waals surface area contributed by atoms with Gasteiger partial charge >= 0.3 is 0 Å². The third-order valence-electron chi connectivity index (χ3n) is 3.97. The summed E-state index contributed by atoms with van der Waals surface area (Å²) >= 11 is 1.72. The van der Waals surface area contributed by atoms with Crippen molar-refractivity contribution in [2.75, 3.05) is 0 Å². The zero-order valence-corrected chi connectivity index (χ0v) is 11.7. The lowest BCUT2D eigenvalue weighted by Crippen LogP contribution is -2.38. The van der Waals surface area contributed by atoms with E-state index in [1.54, 1.807) is 11.3 Å². The summed E-state index contributed by atoms with van der Waals surface area (Å²) in [5, 5.41) is 5.50. The molecule has 1 N–H and O–H groups in total. The van der Waals surface area contributed by atoms with Gasteiger partial charge in [-0.15, -0.1) is 11.3 Å². The normalized spacial score (nSPS) is 29.9. The van der Waals surface area contributed by atoms with Crippen LogP contribution in [0.3, 0.4) is 0 Å². The van der Waals surface area contributed by atoms with Crippen LogP contribution < -0.4 is 5.32 Å². The van der Waals surface area contributed by atoms with Gasteiger partial charge in [-0.05, 0) is 37.6 Å². The van der Waals surface area contributed by atoms with E-state index < -0.39 is 0 Å². The van der Waals surface area contributed by atoms with Crippen molar-refractivity contribution in [1.82, 2.24) is 10.2 Å². The number of hydrogen-bond acceptors (Lipinski definition) is 3. The Morgan fingerprint density at radius 3 is 2.94 bits per heavy atom. The van der Waals surface area contributed by atoms with E-state index in [1.807, 2.05) is 6.92 Å². The zero-order chi connectivity index (χ0) is 12.7. The van der Waals surface area contributed by atoms with Gasteiger partial charge in [0.1, 0.15) is 6.17 Å². The standard InChI is InChI=1S/C14H20N2OS/c1-9(8-11-5-6-11)16-13(12-4-3-7-18-12)15-10(2)14(16)17/h3-4,7,9-11,13,15H,5-6,8H2,1-2H3. The van der Waals surface area contributed by atoms with Crippen LogP contribution in [0, 0.1) is 5.92 Å². The molecular formula is C14H20N2OS. The van der Waals surface area contributed by atoms with Crippen molar-refractivity contribution in [1.29, 1.82) is 0 Å². The van der Waals surface area contributed by atoms with Gasteiger partial charge in [-0.3, -0.25) is 10.1 Å². The molecule has 0 radical (unpaired) electrons. The SMILES string of the molecule is CC1NC(c2cccs2)N(C(C)CC2CC2)C1=O. The van der Waals surface area contributed by atoms with Crippen LogP contribution in [0.5, 0.6) is 0 Å². The number of carbonyl (C=O) groups is 1. The van der Waals surface area contributed by atoms with E-state index in [1.165, 1.54) is 17.7 Å². The molecule has 3 rings (SSSR count). The molecule has 2 aliphatic rings. The molecule has 18 heavy (non-hydrogen) atoms. The van der Waals surface area contributed by atoms with Gasteiger partial charge in [0.05, 0.1) is 6.04 Å². The average Bonchev–Trinajstić information content (AvgIpc) is 2.90. The summed E-state index contributed by atoms with van der Waals surface area (Å²) in [5.74, 6) is 1.11. The predicted octanol–water partition coefficient (Wildman–Crippen LogP) is 2.76. The van der Waals surface area contributed by atoms with Crippen molar-refractivity contribution in [3.8, 4) is 0 Å². The lowest BCUT2D eigenvalue weighted by Gasteiger charge is -2.30. The molecule has 3 atom stereocenters. The fourth-order valence-electron chi connectivity index (χ4n) is 2.83. The molecule has 0 spiro atoms. The molecule has 1 saturated heterocycles. The number of nitrogens with zero attached hydrogens (tertiary/aromatic N) is 1. The Morgan fingerprint density at radius 2 is 2.33 bits per heavy atom. The Kier molecular flexibility index (Phi) is 3.16. The first-order valence-corrected chi connectivity index (χ1v) is 7.66. The van der Waals surface area contributed by atoms with Crippen molar-refractivity contribution in [2.24, 2.45) is 5.92 Å². The maximum absolute atomic E-state index is 12.3. The topological polar surface area (TPSA) is 32.3 Å². The predicted molar refractivity (Wildman–Crippen MR) is 73.3 cm³/mol. The maximum atomic E-state index is 12.3. The van der Waals surface area contributed by atoms with Gasteiger partial charge < -0.3 is 4.90 Å². The minimum Gasteiger partial charge on any atom is -0.318 e. The van der Waals surface area contributed by atoms with Crippen LogP contribution in [0.2, 0.25) is 0 Å². The molecule has 2 heterocycles. The van der Waals surface area contributed by atoms with Gasteiger partial charge in [0, 0.05) is 10.9 Å². The van der Waals surface area contributed by atoms with E-state index in [-0.39, 0.29) is 18.1 Å². The first-order chi connectivity index (χ1) is 8.66. The van der Waals surface area contributed by atoms with Gasteiger partial charge in [0.2, 0.25) is 5.91 Å². The van der Waals surface area contributed by atoms with Crippen LogP contribution in [-0.4, -0.2) is 22.9 Å². The third kappa shape index (κ3) is 2.19. The maximum Gasteiger partial charge on any atom is 0.241 e. The molecule has 0 bridgehead atoms. The summed E-state index contributed by atoms with van der Waals surface area (Å²) in [6, 6.07) is 4.46. The first-order valence-electron chi connectivity index (χ1n) is 6.78. The molecule has 1 saturated carbocycles. The molecule has 0 aromatic carbocycles. The summed E-state index contributed by atoms with van der Waals surface area (Å²) in [6.45, 7) is 4.16. The number of rotatable bonds is 4. The second-order valence-electron chi connectivity index (χ2n) is 5.58. The Balaban J connectivity index is 1.80. The Bertz CT molecular complexity index is 427. The van der Waals surface area contributed by atoms with E-state index in [9.17, 15) is 4.79 Å². The second-order valence-corrected chi connectivity index (χ2v) is 6.56. The molecule has 4 heteroatoms. The van der Waals surface area contributed by atoms with Gasteiger partial charge in [0.25, 0.3) is 0 Å². The highest BCUT2D eigenvalue weighted by Gasteiger charge is 2.41. The van der Waals surface area contributed by atoms with Crippen LogP contribution in [0.25, 0.3) is 0 Å². The molecule has 3 unspecified atom stereocenters. The molecule has 1 amide bonds. The van der Waals surface area contributed by atoms with E-state index in [4.69, 9.17) is 0 Å². The van der Waals surface area contributed by atoms with E-state index in [0.717, 1.165) is 12.3 Å². The van der Waals surface area contributed by atoms with E-state index >= 15 is 0 Å². The van der Waals surface area contributed by atoms with Gasteiger partial charge in [0.15, 0.2) is 0 Å². The lowest BCUT2D eigenvalue weighted by molar-refractivity contribution is -0.131. The van der Waals surface area contributed by atoms with E-state index in [2.05, 4.69) is 34.7 Å². The summed E-state index contributed by atoms with van der Waals surface area (Å²) < 4.78 is 0. The average molecular weight is 264 g/mol. The number of carbonyl (C=O) groups excluding carboxylic acids is 1. The largest absolute Gasteiger partial charge is 0.318 e. The monoisotopic (exact) mass is 264 g/mol. The van der Waals surface area contributed by atoms with Crippen molar-refractivity contribution in [3.63, 3.8) is 0 Å². The molecule has 2 fully saturated rings. The highest BCUT2D eigenvalue weighted by atomic mass is 32.1. The summed E-state index contributed by atoms with van der Waals surface area (Å²) in [6.07, 6.45) is 3.93. The zero-order valence-electron chi connectivity index (χ0n) is 10.9. The van der Waals surface area contributed by atoms with Crippen LogP contribution in [0.1, 0.15) is 44.2 Å². The third-order valence-corrected chi connectivity index (χ3v) is 4.89. The van der Waals surface area contributed by atoms with Gasteiger partial charge in [-0.1, -0.05) is 18.9 Å². The fraction of sp³-hybridized carbons (Fsp3) is 0.643. The minimum absolute atomic E-state index is 0.0567. The van der Waals surface area contributed by atoms with Gasteiger partial charge in [-0.25, -0.2) is 0 Å². The molecule has 3 nitrogen and oxygen atoms in total. The van der Waals surface area contributed by atoms with Crippen molar-refractivity contribution in [2.45, 2.75) is 51.4 Å². The molecule has 1 aliphatic carbocycles. The molecule has 98 valence electrons. The summed E-state index contributed by atoms with van der Waals surface area (Å²) in [5.41, 5.74) is 0. The number of hydrogen-bond donors (Lipinski definition) is 1. The molecule has 1 aromatic heterocycles. The Morgan fingerprint density at radius 1 is 1.56 bits per heavy atom. The number of amides is 1. The van der Waals surface area contributed by atoms with Crippen LogP contribution >= 0.6 is 11.3 Å². The quantitative estimate of drug-likeness (QED) is 0.907. The number of thiophene rings is 1. The minimum atomic E-state index is -0.0567.